The van der Waals surface area contributed by atoms with E-state index in [1.807, 2.05) is 7.05 Å². The Kier molecular flexibility index (Phi) is 6.54. The van der Waals surface area contributed by atoms with Crippen LogP contribution >= 0.6 is 7.56 Å². The third-order valence-corrected chi connectivity index (χ3v) is 8.41. The van der Waals surface area contributed by atoms with Gasteiger partial charge >= 0.3 is 0 Å². The predicted molar refractivity (Wildman–Crippen MR) is 126 cm³/mol. The minimum absolute atomic E-state index is 0.419. The topological polar surface area (TPSA) is 26.1 Å². The van der Waals surface area contributed by atoms with Crippen molar-refractivity contribution in [2.24, 2.45) is 0 Å². The second-order valence-corrected chi connectivity index (χ2v) is 10.7. The Balaban J connectivity index is 2.25. The maximum absolute atomic E-state index is 5.59. The van der Waals surface area contributed by atoms with Crippen LogP contribution in [-0.2, 0) is 0 Å². The number of hydrogen-bond donors (Lipinski definition) is 1. The Bertz CT molecular complexity index is 823. The number of benzene rings is 3. The maximum atomic E-state index is 5.59. The molecule has 0 amide bonds. The monoisotopic (exact) mass is 390 g/mol. The summed E-state index contributed by atoms with van der Waals surface area (Å²) in [6.45, 7) is 9.01. The zero-order valence-corrected chi connectivity index (χ0v) is 18.4. The van der Waals surface area contributed by atoms with Crippen molar-refractivity contribution in [1.82, 2.24) is 5.09 Å². The van der Waals surface area contributed by atoms with Gasteiger partial charge in [-0.1, -0.05) is 93.4 Å². The first kappa shape index (κ1) is 20.6. The van der Waals surface area contributed by atoms with Crippen LogP contribution in [0.4, 0.5) is 5.69 Å². The molecule has 0 unspecified atom stereocenters. The van der Waals surface area contributed by atoms with Gasteiger partial charge in [0.15, 0.2) is 0 Å². The van der Waals surface area contributed by atoms with Crippen molar-refractivity contribution >= 4 is 23.9 Å². The first-order valence-electron chi connectivity index (χ1n) is 10.0. The van der Waals surface area contributed by atoms with E-state index in [9.17, 15) is 0 Å². The van der Waals surface area contributed by atoms with Gasteiger partial charge in [0, 0.05) is 7.05 Å². The number of nitrogens with zero attached hydrogens (tertiary/aromatic N) is 1. The van der Waals surface area contributed by atoms with E-state index >= 15 is 0 Å². The highest BCUT2D eigenvalue weighted by atomic mass is 31.2. The Morgan fingerprint density at radius 2 is 1.07 bits per heavy atom. The van der Waals surface area contributed by atoms with E-state index in [0.29, 0.717) is 11.8 Å². The molecule has 1 N–H and O–H groups in total. The molecule has 0 radical (unpaired) electrons. The summed E-state index contributed by atoms with van der Waals surface area (Å²) in [5.74, 6) is 0.838. The molecule has 0 aliphatic rings. The summed E-state index contributed by atoms with van der Waals surface area (Å²) in [6.07, 6.45) is 0. The van der Waals surface area contributed by atoms with Crippen LogP contribution in [0.25, 0.3) is 5.09 Å². The lowest BCUT2D eigenvalue weighted by atomic mass is 9.93. The van der Waals surface area contributed by atoms with Crippen molar-refractivity contribution in [2.75, 3.05) is 7.05 Å². The lowest BCUT2D eigenvalue weighted by Crippen LogP contribution is -2.30. The lowest BCUT2D eigenvalue weighted by molar-refractivity contribution is 0.841. The lowest BCUT2D eigenvalue weighted by Gasteiger charge is -2.41. The van der Waals surface area contributed by atoms with Gasteiger partial charge in [-0.3, -0.25) is 0 Å². The zero-order valence-electron chi connectivity index (χ0n) is 17.6. The summed E-state index contributed by atoms with van der Waals surface area (Å²) in [4.78, 5) is 0. The van der Waals surface area contributed by atoms with E-state index in [1.54, 1.807) is 0 Å². The quantitative estimate of drug-likeness (QED) is 0.449. The summed E-state index contributed by atoms with van der Waals surface area (Å²) >= 11 is 0. The van der Waals surface area contributed by atoms with Crippen molar-refractivity contribution < 1.29 is 0 Å². The second-order valence-electron chi connectivity index (χ2n) is 7.72. The minimum atomic E-state index is -2.16. The molecule has 28 heavy (non-hydrogen) atoms. The van der Waals surface area contributed by atoms with Gasteiger partial charge in [-0.25, -0.2) is 0 Å². The third-order valence-electron chi connectivity index (χ3n) is 5.18. The highest BCUT2D eigenvalue weighted by Crippen LogP contribution is 2.63. The van der Waals surface area contributed by atoms with E-state index < -0.39 is 7.56 Å². The molecule has 3 aromatic carbocycles. The first-order valence-corrected chi connectivity index (χ1v) is 11.8. The molecule has 3 heteroatoms. The molecule has 2 nitrogen and oxygen atoms in total. The van der Waals surface area contributed by atoms with Crippen LogP contribution in [0.5, 0.6) is 0 Å². The highest BCUT2D eigenvalue weighted by Gasteiger charge is 2.34. The Morgan fingerprint density at radius 1 is 0.643 bits per heavy atom. The van der Waals surface area contributed by atoms with Crippen LogP contribution in [0.3, 0.4) is 0 Å². The SMILES string of the molecule is CN[P+]([N-]c1c(C(C)C)cccc1C(C)C)(c1ccccc1)c1ccccc1. The van der Waals surface area contributed by atoms with Crippen LogP contribution in [0.1, 0.15) is 50.7 Å². The van der Waals surface area contributed by atoms with Gasteiger partial charge in [-0.2, -0.15) is 5.09 Å². The standard InChI is InChI=1S/C25H31N2P/c1-19(2)23-17-12-18-24(20(3)4)25(23)27-28(26-5,21-13-8-6-9-14-21)22-15-10-7-11-16-22/h6-20,26H,1-5H3. The summed E-state index contributed by atoms with van der Waals surface area (Å²) in [7, 11) is -0.116. The fourth-order valence-electron chi connectivity index (χ4n) is 3.64. The van der Waals surface area contributed by atoms with Gasteiger partial charge in [0.1, 0.15) is 10.6 Å². The van der Waals surface area contributed by atoms with E-state index in [2.05, 4.69) is 112 Å². The number of nitrogens with one attached hydrogen (secondary N) is 1. The minimum Gasteiger partial charge on any atom is -0.499 e. The molecule has 146 valence electrons. The average Bonchev–Trinajstić information content (AvgIpc) is 2.73. The van der Waals surface area contributed by atoms with Gasteiger partial charge in [0.25, 0.3) is 0 Å². The zero-order chi connectivity index (χ0) is 20.1. The van der Waals surface area contributed by atoms with E-state index in [0.717, 1.165) is 5.69 Å². The van der Waals surface area contributed by atoms with Crippen LogP contribution in [0.15, 0.2) is 78.9 Å². The van der Waals surface area contributed by atoms with Crippen molar-refractivity contribution in [1.29, 1.82) is 0 Å². The Labute approximate surface area is 170 Å². The van der Waals surface area contributed by atoms with Crippen molar-refractivity contribution in [3.63, 3.8) is 0 Å². The molecule has 3 rings (SSSR count). The molecule has 0 saturated heterocycles. The maximum Gasteiger partial charge on any atom is 0.107 e. The summed E-state index contributed by atoms with van der Waals surface area (Å²) in [6, 6.07) is 28.0. The smallest absolute Gasteiger partial charge is 0.107 e. The average molecular weight is 391 g/mol. The molecule has 3 aromatic rings. The molecule has 0 aromatic heterocycles. The van der Waals surface area contributed by atoms with Crippen LogP contribution in [0.2, 0.25) is 0 Å². The fourth-order valence-corrected chi connectivity index (χ4v) is 6.52. The van der Waals surface area contributed by atoms with Gasteiger partial charge in [0.2, 0.25) is 0 Å². The van der Waals surface area contributed by atoms with Crippen molar-refractivity contribution in [3.05, 3.63) is 95.1 Å². The molecule has 0 heterocycles. The summed E-state index contributed by atoms with van der Waals surface area (Å²) < 4.78 is 0. The van der Waals surface area contributed by atoms with Gasteiger partial charge < -0.3 is 5.09 Å². The fraction of sp³-hybridized carbons (Fsp3) is 0.280. The normalized spacial score (nSPS) is 11.8. The van der Waals surface area contributed by atoms with E-state index in [-0.39, 0.29) is 0 Å². The molecule has 0 saturated carbocycles. The van der Waals surface area contributed by atoms with Gasteiger partial charge in [0.05, 0.1) is 7.56 Å². The van der Waals surface area contributed by atoms with E-state index in [4.69, 9.17) is 5.09 Å². The Hall–Kier alpha value is -2.15. The second kappa shape index (κ2) is 8.90. The predicted octanol–water partition coefficient (Wildman–Crippen LogP) is 6.66. The summed E-state index contributed by atoms with van der Waals surface area (Å²) in [5, 5.41) is 11.8. The number of hydrogen-bond acceptors (Lipinski definition) is 1. The molecule has 0 atom stereocenters. The van der Waals surface area contributed by atoms with Gasteiger partial charge in [-0.15, -0.1) is 5.69 Å². The Morgan fingerprint density at radius 3 is 1.43 bits per heavy atom. The van der Waals surface area contributed by atoms with Crippen molar-refractivity contribution in [2.45, 2.75) is 39.5 Å². The van der Waals surface area contributed by atoms with Crippen LogP contribution in [-0.4, -0.2) is 7.05 Å². The summed E-state index contributed by atoms with van der Waals surface area (Å²) in [5.41, 5.74) is 3.79. The first-order chi connectivity index (χ1) is 13.5. The highest BCUT2D eigenvalue weighted by molar-refractivity contribution is 7.90. The third kappa shape index (κ3) is 3.99. The van der Waals surface area contributed by atoms with Crippen molar-refractivity contribution in [3.8, 4) is 0 Å². The largest absolute Gasteiger partial charge is 0.499 e. The van der Waals surface area contributed by atoms with Gasteiger partial charge in [-0.05, 0) is 36.1 Å². The molecule has 0 bridgehead atoms. The van der Waals surface area contributed by atoms with Crippen LogP contribution in [0, 0.1) is 0 Å². The van der Waals surface area contributed by atoms with Crippen LogP contribution < -0.4 is 15.7 Å². The molecule has 0 fully saturated rings. The molecular weight excluding hydrogens is 359 g/mol. The van der Waals surface area contributed by atoms with E-state index in [1.165, 1.54) is 21.7 Å². The molecule has 0 spiro atoms. The molecule has 0 aliphatic heterocycles. The number of rotatable bonds is 7. The molecule has 0 aliphatic carbocycles. The molecular formula is C25H31N2P.